The number of para-hydroxylation sites is 2. The van der Waals surface area contributed by atoms with Crippen LogP contribution in [0.1, 0.15) is 18.4 Å². The predicted octanol–water partition coefficient (Wildman–Crippen LogP) is 5.47. The van der Waals surface area contributed by atoms with E-state index in [4.69, 9.17) is 4.74 Å². The van der Waals surface area contributed by atoms with Gasteiger partial charge in [0.1, 0.15) is 5.75 Å². The van der Waals surface area contributed by atoms with Crippen LogP contribution in [-0.4, -0.2) is 64.6 Å². The smallest absolute Gasteiger partial charge is 0.222 e. The Labute approximate surface area is 228 Å². The van der Waals surface area contributed by atoms with Crippen molar-refractivity contribution in [3.8, 4) is 22.8 Å². The lowest BCUT2D eigenvalue weighted by Gasteiger charge is -2.36. The standard InChI is InChI=1S/C30H33N5O2S/c1-23-10-6-7-15-27(23)33-17-19-34(20-18-33)28(36)16-9-21-38-30-32-31-29(24-11-8-14-26(22-24)37-2)35(30)25-12-4-3-5-13-25/h3-8,10-15,22H,9,16-21H2,1-2H3. The zero-order valence-corrected chi connectivity index (χ0v) is 22.7. The fourth-order valence-corrected chi connectivity index (χ4v) is 5.67. The summed E-state index contributed by atoms with van der Waals surface area (Å²) in [6.07, 6.45) is 1.33. The zero-order valence-electron chi connectivity index (χ0n) is 21.9. The number of nitrogens with zero attached hydrogens (tertiary/aromatic N) is 5. The summed E-state index contributed by atoms with van der Waals surface area (Å²) in [5.74, 6) is 2.56. The fourth-order valence-electron chi connectivity index (χ4n) is 4.78. The number of thioether (sulfide) groups is 1. The third kappa shape index (κ3) is 5.86. The Balaban J connectivity index is 1.19. The summed E-state index contributed by atoms with van der Waals surface area (Å²) in [6.45, 7) is 5.43. The van der Waals surface area contributed by atoms with Crippen LogP contribution in [-0.2, 0) is 4.79 Å². The molecule has 1 aliphatic heterocycles. The molecule has 0 bridgehead atoms. The number of piperazine rings is 1. The van der Waals surface area contributed by atoms with Gasteiger partial charge in [-0.2, -0.15) is 0 Å². The van der Waals surface area contributed by atoms with Crippen LogP contribution >= 0.6 is 11.8 Å². The largest absolute Gasteiger partial charge is 0.497 e. The SMILES string of the molecule is COc1cccc(-c2nnc(SCCCC(=O)N3CCN(c4ccccc4C)CC3)n2-c2ccccc2)c1. The Morgan fingerprint density at radius 1 is 0.921 bits per heavy atom. The molecule has 38 heavy (non-hydrogen) atoms. The summed E-state index contributed by atoms with van der Waals surface area (Å²) in [5.41, 5.74) is 4.49. The van der Waals surface area contributed by atoms with Crippen molar-refractivity contribution < 1.29 is 9.53 Å². The zero-order chi connectivity index (χ0) is 26.3. The molecule has 1 aliphatic rings. The van der Waals surface area contributed by atoms with E-state index >= 15 is 0 Å². The molecule has 0 spiro atoms. The Bertz CT molecular complexity index is 1370. The topological polar surface area (TPSA) is 63.5 Å². The van der Waals surface area contributed by atoms with Gasteiger partial charge in [0.25, 0.3) is 0 Å². The molecule has 0 aliphatic carbocycles. The average molecular weight is 528 g/mol. The minimum atomic E-state index is 0.233. The van der Waals surface area contributed by atoms with Crippen molar-refractivity contribution in [3.05, 3.63) is 84.4 Å². The summed E-state index contributed by atoms with van der Waals surface area (Å²) in [7, 11) is 1.66. The van der Waals surface area contributed by atoms with E-state index < -0.39 is 0 Å². The molecule has 0 radical (unpaired) electrons. The van der Waals surface area contributed by atoms with Crippen LogP contribution in [0.15, 0.2) is 84.0 Å². The number of rotatable bonds is 9. The molecule has 0 atom stereocenters. The third-order valence-electron chi connectivity index (χ3n) is 6.83. The van der Waals surface area contributed by atoms with Crippen molar-refractivity contribution in [2.75, 3.05) is 43.9 Å². The normalized spacial score (nSPS) is 13.5. The molecule has 3 aromatic carbocycles. The molecule has 4 aromatic rings. The van der Waals surface area contributed by atoms with Gasteiger partial charge in [-0.3, -0.25) is 9.36 Å². The summed E-state index contributed by atoms with van der Waals surface area (Å²) in [4.78, 5) is 17.3. The monoisotopic (exact) mass is 527 g/mol. The van der Waals surface area contributed by atoms with E-state index in [1.807, 2.05) is 47.4 Å². The fraction of sp³-hybridized carbons (Fsp3) is 0.300. The first-order valence-corrected chi connectivity index (χ1v) is 14.0. The van der Waals surface area contributed by atoms with Crippen molar-refractivity contribution in [1.82, 2.24) is 19.7 Å². The lowest BCUT2D eigenvalue weighted by molar-refractivity contribution is -0.131. The highest BCUT2D eigenvalue weighted by molar-refractivity contribution is 7.99. The van der Waals surface area contributed by atoms with Gasteiger partial charge in [-0.05, 0) is 49.2 Å². The summed E-state index contributed by atoms with van der Waals surface area (Å²) in [6, 6.07) is 26.4. The van der Waals surface area contributed by atoms with Gasteiger partial charge in [-0.1, -0.05) is 60.3 Å². The molecule has 0 unspecified atom stereocenters. The highest BCUT2D eigenvalue weighted by Crippen LogP contribution is 2.30. The number of ether oxygens (including phenoxy) is 1. The Morgan fingerprint density at radius 2 is 1.68 bits per heavy atom. The maximum Gasteiger partial charge on any atom is 0.222 e. The molecule has 196 valence electrons. The first kappa shape index (κ1) is 25.9. The van der Waals surface area contributed by atoms with E-state index in [9.17, 15) is 4.79 Å². The van der Waals surface area contributed by atoms with Gasteiger partial charge in [-0.25, -0.2) is 0 Å². The van der Waals surface area contributed by atoms with Crippen molar-refractivity contribution in [2.45, 2.75) is 24.9 Å². The average Bonchev–Trinajstić information content (AvgIpc) is 3.40. The van der Waals surface area contributed by atoms with Gasteiger partial charge in [0.2, 0.25) is 5.91 Å². The number of aryl methyl sites for hydroxylation is 1. The second kappa shape index (κ2) is 12.2. The van der Waals surface area contributed by atoms with E-state index in [-0.39, 0.29) is 5.91 Å². The molecule has 1 aromatic heterocycles. The molecule has 2 heterocycles. The third-order valence-corrected chi connectivity index (χ3v) is 7.85. The molecule has 1 amide bonds. The quantitative estimate of drug-likeness (QED) is 0.212. The number of hydrogen-bond acceptors (Lipinski definition) is 6. The van der Waals surface area contributed by atoms with Crippen LogP contribution in [0.4, 0.5) is 5.69 Å². The molecular weight excluding hydrogens is 494 g/mol. The second-order valence-electron chi connectivity index (χ2n) is 9.32. The van der Waals surface area contributed by atoms with Crippen molar-refractivity contribution in [3.63, 3.8) is 0 Å². The Kier molecular flexibility index (Phi) is 8.28. The van der Waals surface area contributed by atoms with E-state index in [1.165, 1.54) is 11.3 Å². The van der Waals surface area contributed by atoms with E-state index in [0.717, 1.165) is 66.3 Å². The van der Waals surface area contributed by atoms with Crippen molar-refractivity contribution in [1.29, 1.82) is 0 Å². The van der Waals surface area contributed by atoms with Crippen LogP contribution in [0.25, 0.3) is 17.1 Å². The van der Waals surface area contributed by atoms with Gasteiger partial charge in [-0.15, -0.1) is 10.2 Å². The lowest BCUT2D eigenvalue weighted by atomic mass is 10.1. The Hall–Kier alpha value is -3.78. The second-order valence-corrected chi connectivity index (χ2v) is 10.4. The first-order chi connectivity index (χ1) is 18.6. The highest BCUT2D eigenvalue weighted by atomic mass is 32.2. The van der Waals surface area contributed by atoms with Crippen LogP contribution in [0.5, 0.6) is 5.75 Å². The van der Waals surface area contributed by atoms with Crippen molar-refractivity contribution >= 4 is 23.4 Å². The van der Waals surface area contributed by atoms with Gasteiger partial charge in [0.15, 0.2) is 11.0 Å². The van der Waals surface area contributed by atoms with Gasteiger partial charge in [0.05, 0.1) is 7.11 Å². The number of methoxy groups -OCH3 is 1. The number of benzene rings is 3. The number of aromatic nitrogens is 3. The molecule has 5 rings (SSSR count). The van der Waals surface area contributed by atoms with Gasteiger partial charge >= 0.3 is 0 Å². The van der Waals surface area contributed by atoms with E-state index in [1.54, 1.807) is 18.9 Å². The van der Waals surface area contributed by atoms with Gasteiger partial charge < -0.3 is 14.5 Å². The molecule has 0 saturated carbocycles. The lowest BCUT2D eigenvalue weighted by Crippen LogP contribution is -2.49. The summed E-state index contributed by atoms with van der Waals surface area (Å²) >= 11 is 1.63. The molecule has 7 nitrogen and oxygen atoms in total. The molecular formula is C30H33N5O2S. The molecule has 0 N–H and O–H groups in total. The maximum absolute atomic E-state index is 12.9. The summed E-state index contributed by atoms with van der Waals surface area (Å²) < 4.78 is 7.49. The van der Waals surface area contributed by atoms with Crippen LogP contribution in [0.3, 0.4) is 0 Å². The minimum absolute atomic E-state index is 0.233. The van der Waals surface area contributed by atoms with Crippen LogP contribution < -0.4 is 9.64 Å². The van der Waals surface area contributed by atoms with E-state index in [0.29, 0.717) is 6.42 Å². The first-order valence-electron chi connectivity index (χ1n) is 13.0. The van der Waals surface area contributed by atoms with Crippen LogP contribution in [0.2, 0.25) is 0 Å². The predicted molar refractivity (Wildman–Crippen MR) is 153 cm³/mol. The molecule has 8 heteroatoms. The number of anilines is 1. The van der Waals surface area contributed by atoms with Gasteiger partial charge in [0, 0.05) is 55.3 Å². The number of hydrogen-bond donors (Lipinski definition) is 0. The minimum Gasteiger partial charge on any atom is -0.497 e. The van der Waals surface area contributed by atoms with Crippen molar-refractivity contribution in [2.24, 2.45) is 0 Å². The molecule has 1 saturated heterocycles. The highest BCUT2D eigenvalue weighted by Gasteiger charge is 2.22. The Morgan fingerprint density at radius 3 is 2.45 bits per heavy atom. The van der Waals surface area contributed by atoms with Crippen LogP contribution in [0, 0.1) is 6.92 Å². The summed E-state index contributed by atoms with van der Waals surface area (Å²) in [5, 5.41) is 9.84. The van der Waals surface area contributed by atoms with E-state index in [2.05, 4.69) is 63.0 Å². The number of amides is 1. The molecule has 1 fully saturated rings. The number of carbonyl (C=O) groups is 1. The maximum atomic E-state index is 12.9. The number of carbonyl (C=O) groups excluding carboxylic acids is 1.